The molecule has 0 aliphatic carbocycles. The summed E-state index contributed by atoms with van der Waals surface area (Å²) in [4.78, 5) is 25.7. The lowest BCUT2D eigenvalue weighted by Gasteiger charge is -2.10. The zero-order valence-corrected chi connectivity index (χ0v) is 11.3. The minimum atomic E-state index is -1.04. The summed E-state index contributed by atoms with van der Waals surface area (Å²) in [6, 6.07) is 0. The van der Waals surface area contributed by atoms with E-state index in [9.17, 15) is 9.59 Å². The minimum absolute atomic E-state index is 0.0844. The van der Waals surface area contributed by atoms with Crippen molar-refractivity contribution in [3.05, 3.63) is 22.5 Å². The highest BCUT2D eigenvalue weighted by Gasteiger charge is 2.21. The molecular weight excluding hydrogens is 232 g/mol. The van der Waals surface area contributed by atoms with Crippen molar-refractivity contribution in [2.75, 3.05) is 6.54 Å². The van der Waals surface area contributed by atoms with Crippen LogP contribution in [0.4, 0.5) is 0 Å². The molecule has 3 N–H and O–H groups in total. The van der Waals surface area contributed by atoms with Gasteiger partial charge in [-0.1, -0.05) is 20.3 Å². The van der Waals surface area contributed by atoms with E-state index in [-0.39, 0.29) is 11.6 Å². The molecule has 0 bridgehead atoms. The number of carbonyl (C=O) groups excluding carboxylic acids is 1. The first kappa shape index (κ1) is 14.3. The monoisotopic (exact) mass is 252 g/mol. The molecule has 0 radical (unpaired) electrons. The Bertz CT molecular complexity index is 463. The Morgan fingerprint density at radius 1 is 1.39 bits per heavy atom. The summed E-state index contributed by atoms with van der Waals surface area (Å²) >= 11 is 0. The van der Waals surface area contributed by atoms with Crippen molar-refractivity contribution in [1.29, 1.82) is 0 Å². The highest BCUT2D eigenvalue weighted by Crippen LogP contribution is 2.17. The van der Waals surface area contributed by atoms with Crippen molar-refractivity contribution in [2.45, 2.75) is 34.1 Å². The summed E-state index contributed by atoms with van der Waals surface area (Å²) in [7, 11) is 0. The van der Waals surface area contributed by atoms with Gasteiger partial charge >= 0.3 is 5.97 Å². The van der Waals surface area contributed by atoms with E-state index in [1.807, 2.05) is 0 Å². The number of aromatic amines is 1. The zero-order valence-electron chi connectivity index (χ0n) is 11.3. The summed E-state index contributed by atoms with van der Waals surface area (Å²) < 4.78 is 0. The third-order valence-electron chi connectivity index (χ3n) is 3.19. The Balaban J connectivity index is 2.89. The summed E-state index contributed by atoms with van der Waals surface area (Å²) in [5.41, 5.74) is 1.60. The fraction of sp³-hybridized carbons (Fsp3) is 0.538. The van der Waals surface area contributed by atoms with Crippen LogP contribution >= 0.6 is 0 Å². The number of rotatable bonds is 5. The molecule has 0 saturated carbocycles. The largest absolute Gasteiger partial charge is 0.477 e. The maximum atomic E-state index is 12.0. The molecule has 0 aromatic carbocycles. The molecular formula is C13H20N2O3. The number of H-pyrrole nitrogens is 1. The molecule has 1 rings (SSSR count). The van der Waals surface area contributed by atoms with Gasteiger partial charge in [-0.3, -0.25) is 4.79 Å². The summed E-state index contributed by atoms with van der Waals surface area (Å²) in [5, 5.41) is 11.8. The quantitative estimate of drug-likeness (QED) is 0.750. The van der Waals surface area contributed by atoms with Crippen LogP contribution < -0.4 is 5.32 Å². The third kappa shape index (κ3) is 2.91. The Hall–Kier alpha value is -1.78. The van der Waals surface area contributed by atoms with E-state index in [1.165, 1.54) is 0 Å². The van der Waals surface area contributed by atoms with Gasteiger partial charge in [0, 0.05) is 12.2 Å². The lowest BCUT2D eigenvalue weighted by atomic mass is 10.1. The molecule has 5 nitrogen and oxygen atoms in total. The lowest BCUT2D eigenvalue weighted by molar-refractivity contribution is 0.0690. The third-order valence-corrected chi connectivity index (χ3v) is 3.19. The second kappa shape index (κ2) is 5.71. The van der Waals surface area contributed by atoms with Gasteiger partial charge in [0.1, 0.15) is 5.69 Å². The molecule has 1 atom stereocenters. The molecule has 0 spiro atoms. The molecule has 0 aliphatic rings. The van der Waals surface area contributed by atoms with Gasteiger partial charge in [-0.2, -0.15) is 0 Å². The zero-order chi connectivity index (χ0) is 13.9. The second-order valence-corrected chi connectivity index (χ2v) is 4.65. The standard InChI is InChI=1S/C13H20N2O3/c1-5-7(2)6-14-12(16)10-8(3)11(13(17)18)15-9(10)4/h7,15H,5-6H2,1-4H3,(H,14,16)(H,17,18). The van der Waals surface area contributed by atoms with Gasteiger partial charge < -0.3 is 15.4 Å². The first-order valence-electron chi connectivity index (χ1n) is 6.09. The highest BCUT2D eigenvalue weighted by atomic mass is 16.4. The van der Waals surface area contributed by atoms with E-state index in [1.54, 1.807) is 13.8 Å². The van der Waals surface area contributed by atoms with E-state index in [0.29, 0.717) is 29.3 Å². The Kier molecular flexibility index (Phi) is 4.53. The molecule has 0 aliphatic heterocycles. The number of hydrogen-bond acceptors (Lipinski definition) is 2. The van der Waals surface area contributed by atoms with Crippen molar-refractivity contribution in [3.63, 3.8) is 0 Å². The molecule has 1 aromatic rings. The Labute approximate surface area is 107 Å². The predicted molar refractivity (Wildman–Crippen MR) is 69.0 cm³/mol. The van der Waals surface area contributed by atoms with E-state index < -0.39 is 5.97 Å². The summed E-state index contributed by atoms with van der Waals surface area (Å²) in [6.45, 7) is 8.07. The van der Waals surface area contributed by atoms with Crippen LogP contribution in [0, 0.1) is 19.8 Å². The fourth-order valence-electron chi connectivity index (χ4n) is 1.80. The van der Waals surface area contributed by atoms with Crippen LogP contribution in [0.25, 0.3) is 0 Å². The second-order valence-electron chi connectivity index (χ2n) is 4.65. The van der Waals surface area contributed by atoms with Gasteiger partial charge in [0.2, 0.25) is 0 Å². The molecule has 100 valence electrons. The number of aryl methyl sites for hydroxylation is 1. The number of carbonyl (C=O) groups is 2. The van der Waals surface area contributed by atoms with Gasteiger partial charge in [0.05, 0.1) is 5.56 Å². The molecule has 1 heterocycles. The van der Waals surface area contributed by atoms with Gasteiger partial charge in [-0.25, -0.2) is 4.79 Å². The van der Waals surface area contributed by atoms with Crippen molar-refractivity contribution in [1.82, 2.24) is 10.3 Å². The van der Waals surface area contributed by atoms with Crippen LogP contribution in [0.5, 0.6) is 0 Å². The lowest BCUT2D eigenvalue weighted by Crippen LogP contribution is -2.28. The average Bonchev–Trinajstić information content (AvgIpc) is 2.61. The molecule has 18 heavy (non-hydrogen) atoms. The number of aromatic nitrogens is 1. The summed E-state index contributed by atoms with van der Waals surface area (Å²) in [6.07, 6.45) is 0.992. The smallest absolute Gasteiger partial charge is 0.352 e. The Morgan fingerprint density at radius 2 is 2.00 bits per heavy atom. The molecule has 0 fully saturated rings. The number of carboxylic acids is 1. The van der Waals surface area contributed by atoms with Crippen LogP contribution in [-0.2, 0) is 0 Å². The van der Waals surface area contributed by atoms with E-state index in [2.05, 4.69) is 24.1 Å². The van der Waals surface area contributed by atoms with Crippen LogP contribution in [0.3, 0.4) is 0 Å². The van der Waals surface area contributed by atoms with E-state index >= 15 is 0 Å². The minimum Gasteiger partial charge on any atom is -0.477 e. The highest BCUT2D eigenvalue weighted by molar-refractivity contribution is 6.00. The van der Waals surface area contributed by atoms with Crippen molar-refractivity contribution >= 4 is 11.9 Å². The SMILES string of the molecule is CCC(C)CNC(=O)c1c(C)[nH]c(C(=O)O)c1C. The van der Waals surface area contributed by atoms with Crippen molar-refractivity contribution in [2.24, 2.45) is 5.92 Å². The van der Waals surface area contributed by atoms with Gasteiger partial charge in [0.25, 0.3) is 5.91 Å². The number of amides is 1. The number of carboxylic acid groups (broad SMARTS) is 1. The van der Waals surface area contributed by atoms with Crippen molar-refractivity contribution < 1.29 is 14.7 Å². The maximum Gasteiger partial charge on any atom is 0.352 e. The first-order chi connectivity index (χ1) is 8.38. The normalized spacial score (nSPS) is 12.2. The topological polar surface area (TPSA) is 82.2 Å². The van der Waals surface area contributed by atoms with E-state index in [4.69, 9.17) is 5.11 Å². The molecule has 5 heteroatoms. The number of aromatic carboxylic acids is 1. The number of hydrogen-bond donors (Lipinski definition) is 3. The maximum absolute atomic E-state index is 12.0. The van der Waals surface area contributed by atoms with Crippen molar-refractivity contribution in [3.8, 4) is 0 Å². The van der Waals surface area contributed by atoms with Crippen LogP contribution in [-0.4, -0.2) is 28.5 Å². The van der Waals surface area contributed by atoms with Crippen LogP contribution in [0.15, 0.2) is 0 Å². The van der Waals surface area contributed by atoms with E-state index in [0.717, 1.165) is 6.42 Å². The van der Waals surface area contributed by atoms with Gasteiger partial charge in [-0.15, -0.1) is 0 Å². The fourth-order valence-corrected chi connectivity index (χ4v) is 1.80. The van der Waals surface area contributed by atoms with Gasteiger partial charge in [0.15, 0.2) is 0 Å². The van der Waals surface area contributed by atoms with Gasteiger partial charge in [-0.05, 0) is 25.3 Å². The Morgan fingerprint density at radius 3 is 2.44 bits per heavy atom. The first-order valence-corrected chi connectivity index (χ1v) is 6.09. The average molecular weight is 252 g/mol. The number of nitrogens with one attached hydrogen (secondary N) is 2. The van der Waals surface area contributed by atoms with Crippen LogP contribution in [0.2, 0.25) is 0 Å². The summed E-state index contributed by atoms with van der Waals surface area (Å²) in [5.74, 6) is -0.849. The van der Waals surface area contributed by atoms with Crippen LogP contribution in [0.1, 0.15) is 52.4 Å². The molecule has 0 saturated heterocycles. The predicted octanol–water partition coefficient (Wildman–Crippen LogP) is 2.11. The molecule has 1 unspecified atom stereocenters. The molecule has 1 amide bonds. The molecule has 1 aromatic heterocycles.